The molecule has 0 radical (unpaired) electrons. The first kappa shape index (κ1) is 10.7. The van der Waals surface area contributed by atoms with E-state index < -0.39 is 0 Å². The Morgan fingerprint density at radius 1 is 1.60 bits per heavy atom. The molecule has 0 saturated heterocycles. The topological polar surface area (TPSA) is 12.0 Å². The molecule has 1 N–H and O–H groups in total. The van der Waals surface area contributed by atoms with Crippen molar-refractivity contribution in [2.75, 3.05) is 6.54 Å². The first-order chi connectivity index (χ1) is 7.18. The fourth-order valence-corrected chi connectivity index (χ4v) is 2.77. The molecule has 0 spiro atoms. The predicted molar refractivity (Wildman–Crippen MR) is 68.1 cm³/mol. The number of hydrogen-bond donors (Lipinski definition) is 1. The molecule has 80 valence electrons. The molecule has 1 nitrogen and oxygen atoms in total. The maximum atomic E-state index is 4.21. The number of nitrogens with one attached hydrogen (secondary N) is 1. The maximum absolute atomic E-state index is 4.21. The first-order valence-corrected chi connectivity index (χ1v) is 6.21. The summed E-state index contributed by atoms with van der Waals surface area (Å²) in [6.07, 6.45) is 1.14. The molecule has 2 heterocycles. The van der Waals surface area contributed by atoms with Gasteiger partial charge in [0.2, 0.25) is 0 Å². The van der Waals surface area contributed by atoms with Gasteiger partial charge < -0.3 is 5.32 Å². The lowest BCUT2D eigenvalue weighted by atomic mass is 9.93. The van der Waals surface area contributed by atoms with Gasteiger partial charge >= 0.3 is 0 Å². The van der Waals surface area contributed by atoms with Crippen LogP contribution in [0.15, 0.2) is 35.2 Å². The van der Waals surface area contributed by atoms with Gasteiger partial charge in [-0.25, -0.2) is 0 Å². The molecule has 1 aliphatic heterocycles. The van der Waals surface area contributed by atoms with Gasteiger partial charge in [-0.15, -0.1) is 11.3 Å². The van der Waals surface area contributed by atoms with Gasteiger partial charge in [-0.05, 0) is 42.9 Å². The third-order valence-corrected chi connectivity index (χ3v) is 3.87. The molecular weight excluding hydrogens is 202 g/mol. The van der Waals surface area contributed by atoms with E-state index in [-0.39, 0.29) is 0 Å². The van der Waals surface area contributed by atoms with Crippen molar-refractivity contribution < 1.29 is 0 Å². The third-order valence-electron chi connectivity index (χ3n) is 2.94. The molecule has 0 unspecified atom stereocenters. The second-order valence-corrected chi connectivity index (χ2v) is 5.15. The highest BCUT2D eigenvalue weighted by Gasteiger charge is 2.17. The fraction of sp³-hybridized carbons (Fsp3) is 0.385. The van der Waals surface area contributed by atoms with Crippen LogP contribution in [0.1, 0.15) is 25.1 Å². The van der Waals surface area contributed by atoms with E-state index in [1.807, 2.05) is 0 Å². The van der Waals surface area contributed by atoms with Crippen molar-refractivity contribution in [3.63, 3.8) is 0 Å². The highest BCUT2D eigenvalue weighted by Crippen LogP contribution is 2.30. The molecule has 0 aromatic carbocycles. The van der Waals surface area contributed by atoms with Crippen molar-refractivity contribution in [3.8, 4) is 0 Å². The summed E-state index contributed by atoms with van der Waals surface area (Å²) in [7, 11) is 0. The Hall–Kier alpha value is -0.860. The van der Waals surface area contributed by atoms with E-state index >= 15 is 0 Å². The van der Waals surface area contributed by atoms with Crippen LogP contribution in [0.3, 0.4) is 0 Å². The van der Waals surface area contributed by atoms with Gasteiger partial charge in [-0.1, -0.05) is 18.2 Å². The first-order valence-electron chi connectivity index (χ1n) is 5.33. The van der Waals surface area contributed by atoms with Crippen LogP contribution in [-0.4, -0.2) is 12.6 Å². The molecule has 0 saturated carbocycles. The number of hydrogen-bond acceptors (Lipinski definition) is 2. The van der Waals surface area contributed by atoms with E-state index in [4.69, 9.17) is 0 Å². The van der Waals surface area contributed by atoms with Crippen LogP contribution in [0.5, 0.6) is 0 Å². The fourth-order valence-electron chi connectivity index (χ4n) is 2.05. The lowest BCUT2D eigenvalue weighted by Gasteiger charge is -2.25. The molecule has 0 aliphatic carbocycles. The maximum Gasteiger partial charge on any atom is 0.0339 e. The van der Waals surface area contributed by atoms with Crippen LogP contribution in [0.2, 0.25) is 0 Å². The van der Waals surface area contributed by atoms with Crippen LogP contribution in [-0.2, 0) is 0 Å². The highest BCUT2D eigenvalue weighted by molar-refractivity contribution is 7.11. The van der Waals surface area contributed by atoms with Crippen molar-refractivity contribution in [1.82, 2.24) is 5.32 Å². The van der Waals surface area contributed by atoms with E-state index in [0.717, 1.165) is 13.0 Å². The summed E-state index contributed by atoms with van der Waals surface area (Å²) >= 11 is 1.77. The van der Waals surface area contributed by atoms with Gasteiger partial charge in [0.05, 0.1) is 0 Å². The Kier molecular flexibility index (Phi) is 3.08. The summed E-state index contributed by atoms with van der Waals surface area (Å²) in [5, 5.41) is 5.60. The van der Waals surface area contributed by atoms with Crippen LogP contribution in [0.4, 0.5) is 0 Å². The van der Waals surface area contributed by atoms with Crippen molar-refractivity contribution in [1.29, 1.82) is 0 Å². The van der Waals surface area contributed by atoms with Crippen molar-refractivity contribution in [2.45, 2.75) is 26.3 Å². The molecule has 1 aromatic heterocycles. The summed E-state index contributed by atoms with van der Waals surface area (Å²) < 4.78 is 0. The van der Waals surface area contributed by atoms with Gasteiger partial charge in [0.25, 0.3) is 0 Å². The molecular formula is C13H17NS. The smallest absolute Gasteiger partial charge is 0.0339 e. The normalized spacial score (nSPS) is 21.9. The lowest BCUT2D eigenvalue weighted by Crippen LogP contribution is -2.33. The zero-order valence-corrected chi connectivity index (χ0v) is 10.2. The number of thiophene rings is 1. The van der Waals surface area contributed by atoms with E-state index in [2.05, 4.69) is 43.3 Å². The van der Waals surface area contributed by atoms with E-state index in [9.17, 15) is 0 Å². The zero-order valence-electron chi connectivity index (χ0n) is 9.34. The standard InChI is InChI=1S/C13H17NS/c1-9-7-10(2)14-8-12(9)11(3)13-5-4-6-15-13/h4-6,10,14H,3,7-8H2,1-2H3/t10-/m0/s1. The van der Waals surface area contributed by atoms with E-state index in [1.54, 1.807) is 11.3 Å². The minimum atomic E-state index is 0.602. The summed E-state index contributed by atoms with van der Waals surface area (Å²) in [5.74, 6) is 0. The Morgan fingerprint density at radius 3 is 3.00 bits per heavy atom. The summed E-state index contributed by atoms with van der Waals surface area (Å²) in [6, 6.07) is 4.83. The summed E-state index contributed by atoms with van der Waals surface area (Å²) in [6.45, 7) is 9.63. The van der Waals surface area contributed by atoms with Gasteiger partial charge in [-0.2, -0.15) is 0 Å². The molecule has 0 fully saturated rings. The largest absolute Gasteiger partial charge is 0.310 e. The van der Waals surface area contributed by atoms with Gasteiger partial charge in [0.15, 0.2) is 0 Å². The van der Waals surface area contributed by atoms with Gasteiger partial charge in [-0.3, -0.25) is 0 Å². The minimum absolute atomic E-state index is 0.602. The van der Waals surface area contributed by atoms with Crippen LogP contribution < -0.4 is 5.32 Å². The summed E-state index contributed by atoms with van der Waals surface area (Å²) in [4.78, 5) is 1.29. The second-order valence-electron chi connectivity index (χ2n) is 4.20. The Balaban J connectivity index is 2.24. The highest BCUT2D eigenvalue weighted by atomic mass is 32.1. The predicted octanol–water partition coefficient (Wildman–Crippen LogP) is 3.46. The van der Waals surface area contributed by atoms with Crippen LogP contribution in [0, 0.1) is 0 Å². The van der Waals surface area contributed by atoms with Crippen molar-refractivity contribution in [2.24, 2.45) is 0 Å². The Labute approximate surface area is 95.5 Å². The average molecular weight is 219 g/mol. The van der Waals surface area contributed by atoms with Crippen molar-refractivity contribution >= 4 is 16.9 Å². The third kappa shape index (κ3) is 2.21. The minimum Gasteiger partial charge on any atom is -0.310 e. The van der Waals surface area contributed by atoms with Crippen LogP contribution in [0.25, 0.3) is 5.57 Å². The Bertz CT molecular complexity index is 387. The zero-order chi connectivity index (χ0) is 10.8. The second kappa shape index (κ2) is 4.33. The average Bonchev–Trinajstić information content (AvgIpc) is 2.69. The molecule has 1 atom stereocenters. The molecule has 2 rings (SSSR count). The molecule has 1 aromatic rings. The van der Waals surface area contributed by atoms with E-state index in [0.29, 0.717) is 6.04 Å². The van der Waals surface area contributed by atoms with E-state index in [1.165, 1.54) is 21.6 Å². The van der Waals surface area contributed by atoms with Crippen LogP contribution >= 0.6 is 11.3 Å². The summed E-state index contributed by atoms with van der Waals surface area (Å²) in [5.41, 5.74) is 4.08. The molecule has 15 heavy (non-hydrogen) atoms. The molecule has 0 amide bonds. The Morgan fingerprint density at radius 2 is 2.40 bits per heavy atom. The quantitative estimate of drug-likeness (QED) is 0.803. The SMILES string of the molecule is C=C(C1=C(C)C[C@H](C)NC1)c1cccs1. The molecule has 1 aliphatic rings. The van der Waals surface area contributed by atoms with Crippen molar-refractivity contribution in [3.05, 3.63) is 40.1 Å². The monoisotopic (exact) mass is 219 g/mol. The lowest BCUT2D eigenvalue weighted by molar-refractivity contribution is 0.545. The molecule has 0 bridgehead atoms. The van der Waals surface area contributed by atoms with Gasteiger partial charge in [0.1, 0.15) is 0 Å². The van der Waals surface area contributed by atoms with Gasteiger partial charge in [0, 0.05) is 17.5 Å². The number of rotatable bonds is 2. The molecule has 2 heteroatoms.